The van der Waals surface area contributed by atoms with Crippen molar-refractivity contribution in [1.82, 2.24) is 4.98 Å². The van der Waals surface area contributed by atoms with E-state index in [9.17, 15) is 5.11 Å². The number of methoxy groups -OCH3 is 1. The fourth-order valence-electron chi connectivity index (χ4n) is 2.69. The highest BCUT2D eigenvalue weighted by atomic mass is 79.9. The fraction of sp³-hybridized carbons (Fsp3) is 0.278. The molecule has 4 nitrogen and oxygen atoms in total. The van der Waals surface area contributed by atoms with Gasteiger partial charge < -0.3 is 31.8 Å². The number of aliphatic hydroxyl groups excluding tert-OH is 1. The Hall–Kier alpha value is -1.85. The van der Waals surface area contributed by atoms with E-state index in [0.29, 0.717) is 0 Å². The zero-order valence-electron chi connectivity index (χ0n) is 13.3. The molecule has 0 bridgehead atoms. The summed E-state index contributed by atoms with van der Waals surface area (Å²) in [5, 5.41) is 11.1. The summed E-state index contributed by atoms with van der Waals surface area (Å²) in [6.07, 6.45) is 6.42. The monoisotopic (exact) mass is 376 g/mol. The Kier molecular flexibility index (Phi) is 5.80. The fourth-order valence-corrected chi connectivity index (χ4v) is 2.69. The van der Waals surface area contributed by atoms with Gasteiger partial charge in [0.25, 0.3) is 0 Å². The molecule has 23 heavy (non-hydrogen) atoms. The molecule has 0 aliphatic rings. The van der Waals surface area contributed by atoms with Crippen molar-refractivity contribution >= 4 is 10.9 Å². The van der Waals surface area contributed by atoms with Crippen LogP contribution in [0.3, 0.4) is 0 Å². The van der Waals surface area contributed by atoms with Gasteiger partial charge in [0.15, 0.2) is 18.5 Å². The molecule has 5 heteroatoms. The minimum absolute atomic E-state index is 0. The first-order chi connectivity index (χ1) is 10.7. The first kappa shape index (κ1) is 17.5. The largest absolute Gasteiger partial charge is 1.00 e. The number of para-hydroxylation sites is 1. The van der Waals surface area contributed by atoms with Crippen molar-refractivity contribution in [1.29, 1.82) is 0 Å². The van der Waals surface area contributed by atoms with Crippen molar-refractivity contribution in [2.75, 3.05) is 7.11 Å². The number of benzene rings is 1. The molecule has 0 spiro atoms. The first-order valence-corrected chi connectivity index (χ1v) is 7.48. The van der Waals surface area contributed by atoms with Gasteiger partial charge in [0.1, 0.15) is 0 Å². The van der Waals surface area contributed by atoms with Gasteiger partial charge in [0.2, 0.25) is 6.20 Å². The van der Waals surface area contributed by atoms with Gasteiger partial charge in [-0.25, -0.2) is 4.57 Å². The molecule has 0 radical (unpaired) electrons. The summed E-state index contributed by atoms with van der Waals surface area (Å²) < 4.78 is 7.39. The van der Waals surface area contributed by atoms with Crippen LogP contribution in [-0.4, -0.2) is 17.2 Å². The summed E-state index contributed by atoms with van der Waals surface area (Å²) in [5.74, 6) is 0.761. The van der Waals surface area contributed by atoms with Crippen LogP contribution in [-0.2, 0) is 13.0 Å². The summed E-state index contributed by atoms with van der Waals surface area (Å²) in [6, 6.07) is 10.2. The molecule has 0 saturated heterocycles. The number of halogens is 1. The summed E-state index contributed by atoms with van der Waals surface area (Å²) in [4.78, 5) is 3.30. The predicted octanol–water partition coefficient (Wildman–Crippen LogP) is -0.236. The Balaban J connectivity index is 0.00000192. The number of hydrogen-bond donors (Lipinski definition) is 2. The Morgan fingerprint density at radius 3 is 2.78 bits per heavy atom. The third-order valence-corrected chi connectivity index (χ3v) is 3.95. The number of H-pyrrole nitrogens is 1. The van der Waals surface area contributed by atoms with E-state index in [-0.39, 0.29) is 17.0 Å². The van der Waals surface area contributed by atoms with Gasteiger partial charge in [-0.1, -0.05) is 18.2 Å². The lowest BCUT2D eigenvalue weighted by atomic mass is 10.1. The van der Waals surface area contributed by atoms with Crippen LogP contribution >= 0.6 is 0 Å². The van der Waals surface area contributed by atoms with E-state index in [4.69, 9.17) is 4.74 Å². The second-order valence-electron chi connectivity index (χ2n) is 5.53. The van der Waals surface area contributed by atoms with Crippen LogP contribution in [0.15, 0.2) is 48.9 Å². The van der Waals surface area contributed by atoms with Crippen molar-refractivity contribution in [3.8, 4) is 5.75 Å². The SMILES string of the molecule is COc1cc(C(C)O)c[n+](CCc2c[nH]c3ccccc23)c1.[Br-]. The van der Waals surface area contributed by atoms with Crippen molar-refractivity contribution in [3.05, 3.63) is 60.0 Å². The van der Waals surface area contributed by atoms with Crippen LogP contribution in [0.2, 0.25) is 0 Å². The predicted molar refractivity (Wildman–Crippen MR) is 85.8 cm³/mol. The third kappa shape index (κ3) is 3.92. The van der Waals surface area contributed by atoms with E-state index in [2.05, 4.69) is 33.9 Å². The van der Waals surface area contributed by atoms with Crippen LogP contribution in [0, 0.1) is 0 Å². The number of aryl methyl sites for hydroxylation is 2. The van der Waals surface area contributed by atoms with Crippen LogP contribution in [0.25, 0.3) is 10.9 Å². The topological polar surface area (TPSA) is 49.1 Å². The minimum atomic E-state index is -0.505. The zero-order valence-corrected chi connectivity index (χ0v) is 14.9. The Bertz CT molecular complexity index is 784. The highest BCUT2D eigenvalue weighted by molar-refractivity contribution is 5.82. The van der Waals surface area contributed by atoms with Crippen LogP contribution in [0.5, 0.6) is 5.75 Å². The zero-order chi connectivity index (χ0) is 15.5. The number of aromatic amines is 1. The van der Waals surface area contributed by atoms with Gasteiger partial charge in [-0.3, -0.25) is 0 Å². The summed E-state index contributed by atoms with van der Waals surface area (Å²) in [7, 11) is 1.64. The molecule has 0 saturated carbocycles. The Labute approximate surface area is 146 Å². The standard InChI is InChI=1S/C18H21N2O2.BrH/c1-13(21)15-9-16(22-2)12-20(11-15)8-7-14-10-19-18-6-4-3-5-17(14)18;/h3-6,9-13,19,21H,7-8H2,1-2H3;1H/q+1;/p-1. The number of ether oxygens (including phenoxy) is 1. The molecule has 1 unspecified atom stereocenters. The lowest BCUT2D eigenvalue weighted by Crippen LogP contribution is -3.00. The third-order valence-electron chi connectivity index (χ3n) is 3.95. The number of rotatable bonds is 5. The van der Waals surface area contributed by atoms with Crippen LogP contribution in [0.1, 0.15) is 24.2 Å². The molecule has 0 aliphatic carbocycles. The highest BCUT2D eigenvalue weighted by Crippen LogP contribution is 2.19. The van der Waals surface area contributed by atoms with E-state index < -0.39 is 6.10 Å². The molecular weight excluding hydrogens is 356 g/mol. The molecule has 0 aliphatic heterocycles. The molecule has 2 aromatic heterocycles. The highest BCUT2D eigenvalue weighted by Gasteiger charge is 2.13. The van der Waals surface area contributed by atoms with E-state index >= 15 is 0 Å². The maximum absolute atomic E-state index is 9.79. The molecule has 122 valence electrons. The average Bonchev–Trinajstić information content (AvgIpc) is 2.95. The maximum Gasteiger partial charge on any atom is 0.211 e. The Morgan fingerprint density at radius 2 is 2.04 bits per heavy atom. The van der Waals surface area contributed by atoms with Crippen molar-refractivity contribution < 1.29 is 31.4 Å². The number of fused-ring (bicyclic) bond motifs is 1. The summed E-state index contributed by atoms with van der Waals surface area (Å²) in [5.41, 5.74) is 3.32. The number of hydrogen-bond acceptors (Lipinski definition) is 2. The molecule has 0 fully saturated rings. The molecule has 2 N–H and O–H groups in total. The number of aliphatic hydroxyl groups is 1. The van der Waals surface area contributed by atoms with E-state index in [0.717, 1.165) is 29.8 Å². The Morgan fingerprint density at radius 1 is 1.26 bits per heavy atom. The molecule has 1 aromatic carbocycles. The van der Waals surface area contributed by atoms with Crippen LogP contribution in [0.4, 0.5) is 0 Å². The molecule has 0 amide bonds. The van der Waals surface area contributed by atoms with Crippen molar-refractivity contribution in [2.45, 2.75) is 26.0 Å². The number of nitrogens with zero attached hydrogens (tertiary/aromatic N) is 1. The van der Waals surface area contributed by atoms with Gasteiger partial charge in [0.05, 0.1) is 13.2 Å². The number of pyridine rings is 1. The minimum Gasteiger partial charge on any atom is -1.00 e. The first-order valence-electron chi connectivity index (χ1n) is 7.48. The molecular formula is C18H21BrN2O2. The molecule has 3 aromatic rings. The van der Waals surface area contributed by atoms with Gasteiger partial charge >= 0.3 is 0 Å². The van der Waals surface area contributed by atoms with Crippen molar-refractivity contribution in [2.24, 2.45) is 0 Å². The molecule has 2 heterocycles. The number of nitrogens with one attached hydrogen (secondary N) is 1. The van der Waals surface area contributed by atoms with Gasteiger partial charge in [-0.15, -0.1) is 0 Å². The van der Waals surface area contributed by atoms with Gasteiger partial charge in [-0.2, -0.15) is 0 Å². The lowest BCUT2D eigenvalue weighted by Gasteiger charge is -2.06. The normalized spacial score (nSPS) is 12.0. The van der Waals surface area contributed by atoms with Gasteiger partial charge in [0, 0.05) is 29.1 Å². The van der Waals surface area contributed by atoms with E-state index in [1.54, 1.807) is 14.0 Å². The van der Waals surface area contributed by atoms with E-state index in [1.165, 1.54) is 10.9 Å². The lowest BCUT2D eigenvalue weighted by molar-refractivity contribution is -0.697. The van der Waals surface area contributed by atoms with Crippen molar-refractivity contribution in [3.63, 3.8) is 0 Å². The average molecular weight is 377 g/mol. The van der Waals surface area contributed by atoms with E-state index in [1.807, 2.05) is 24.5 Å². The molecule has 3 rings (SSSR count). The molecule has 1 atom stereocenters. The summed E-state index contributed by atoms with van der Waals surface area (Å²) >= 11 is 0. The summed E-state index contributed by atoms with van der Waals surface area (Å²) in [6.45, 7) is 2.59. The number of aromatic nitrogens is 2. The smallest absolute Gasteiger partial charge is 0.211 e. The second-order valence-corrected chi connectivity index (χ2v) is 5.53. The maximum atomic E-state index is 9.79. The second kappa shape index (κ2) is 7.62. The van der Waals surface area contributed by atoms with Crippen LogP contribution < -0.4 is 26.3 Å². The quantitative estimate of drug-likeness (QED) is 0.604. The van der Waals surface area contributed by atoms with Gasteiger partial charge in [-0.05, 0) is 24.6 Å².